The Labute approximate surface area is 251 Å². The molecule has 0 saturated carbocycles. The Kier molecular flexibility index (Phi) is 11.3. The zero-order valence-corrected chi connectivity index (χ0v) is 25.6. The van der Waals surface area contributed by atoms with Crippen molar-refractivity contribution in [1.29, 1.82) is 0 Å². The van der Waals surface area contributed by atoms with Crippen LogP contribution in [0.3, 0.4) is 0 Å². The Morgan fingerprint density at radius 2 is 1.52 bits per heavy atom. The Bertz CT molecular complexity index is 1420. The van der Waals surface area contributed by atoms with Crippen molar-refractivity contribution in [2.24, 2.45) is 0 Å². The summed E-state index contributed by atoms with van der Waals surface area (Å²) in [6, 6.07) is 19.5. The zero-order chi connectivity index (χ0) is 29.4. The summed E-state index contributed by atoms with van der Waals surface area (Å²) in [5, 5.41) is 3.83. The molecule has 11 heteroatoms. The maximum absolute atomic E-state index is 14.1. The molecule has 0 spiro atoms. The normalized spacial score (nSPS) is 12.8. The summed E-state index contributed by atoms with van der Waals surface area (Å²) < 4.78 is 26.7. The van der Waals surface area contributed by atoms with Crippen molar-refractivity contribution >= 4 is 62.3 Å². The van der Waals surface area contributed by atoms with Gasteiger partial charge in [-0.3, -0.25) is 13.9 Å². The van der Waals surface area contributed by atoms with E-state index in [9.17, 15) is 18.0 Å². The maximum Gasteiger partial charge on any atom is 0.244 e. The average Bonchev–Trinajstić information content (AvgIpc) is 2.89. The van der Waals surface area contributed by atoms with Crippen LogP contribution in [0.25, 0.3) is 0 Å². The fourth-order valence-electron chi connectivity index (χ4n) is 4.10. The molecule has 214 valence electrons. The molecule has 0 unspecified atom stereocenters. The number of hydrogen-bond acceptors (Lipinski definition) is 4. The summed E-state index contributed by atoms with van der Waals surface area (Å²) in [5.41, 5.74) is 1.59. The number of nitrogens with zero attached hydrogens (tertiary/aromatic N) is 2. The lowest BCUT2D eigenvalue weighted by molar-refractivity contribution is -0.140. The van der Waals surface area contributed by atoms with E-state index < -0.39 is 28.5 Å². The first-order valence-corrected chi connectivity index (χ1v) is 15.7. The van der Waals surface area contributed by atoms with Gasteiger partial charge in [-0.1, -0.05) is 90.3 Å². The third-order valence-corrected chi connectivity index (χ3v) is 8.33. The molecular weight excluding hydrogens is 593 g/mol. The van der Waals surface area contributed by atoms with E-state index in [1.54, 1.807) is 24.3 Å². The van der Waals surface area contributed by atoms with Crippen molar-refractivity contribution in [2.75, 3.05) is 17.1 Å². The number of rotatable bonds is 12. The van der Waals surface area contributed by atoms with Gasteiger partial charge in [-0.15, -0.1) is 0 Å². The van der Waals surface area contributed by atoms with E-state index in [0.717, 1.165) is 16.1 Å². The molecule has 3 rings (SSSR count). The van der Waals surface area contributed by atoms with Crippen molar-refractivity contribution in [2.45, 2.75) is 45.3 Å². The van der Waals surface area contributed by atoms with Gasteiger partial charge in [0.15, 0.2) is 0 Å². The minimum absolute atomic E-state index is 0.0160. The van der Waals surface area contributed by atoms with Crippen LogP contribution >= 0.6 is 34.8 Å². The third-order valence-electron chi connectivity index (χ3n) is 6.39. The molecule has 0 aromatic heterocycles. The van der Waals surface area contributed by atoms with Gasteiger partial charge in [0.2, 0.25) is 21.8 Å². The van der Waals surface area contributed by atoms with E-state index in [2.05, 4.69) is 5.32 Å². The number of carbonyl (C=O) groups is 2. The van der Waals surface area contributed by atoms with Crippen molar-refractivity contribution in [3.63, 3.8) is 0 Å². The molecule has 2 atom stereocenters. The minimum Gasteiger partial charge on any atom is -0.352 e. The molecule has 0 saturated heterocycles. The fraction of sp³-hybridized carbons (Fsp3) is 0.310. The SMILES string of the molecule is CC[C@H](C)NC(=O)[C@@H](Cc1ccccc1)N(Cc1ccccc1Cl)C(=O)CN(c1cc(Cl)cc(Cl)c1)S(C)(=O)=O. The lowest BCUT2D eigenvalue weighted by Gasteiger charge is -2.34. The Morgan fingerprint density at radius 3 is 2.10 bits per heavy atom. The highest BCUT2D eigenvalue weighted by Gasteiger charge is 2.33. The van der Waals surface area contributed by atoms with E-state index >= 15 is 0 Å². The number of nitrogens with one attached hydrogen (secondary N) is 1. The summed E-state index contributed by atoms with van der Waals surface area (Å²) >= 11 is 18.7. The fourth-order valence-corrected chi connectivity index (χ4v) is 5.65. The predicted molar refractivity (Wildman–Crippen MR) is 162 cm³/mol. The molecule has 0 bridgehead atoms. The molecule has 0 fully saturated rings. The van der Waals surface area contributed by atoms with E-state index in [-0.39, 0.29) is 40.6 Å². The molecule has 7 nitrogen and oxygen atoms in total. The summed E-state index contributed by atoms with van der Waals surface area (Å²) in [5.74, 6) is -0.947. The second-order valence-corrected chi connectivity index (χ2v) is 12.7. The van der Waals surface area contributed by atoms with Crippen LogP contribution in [0.2, 0.25) is 15.1 Å². The number of anilines is 1. The van der Waals surface area contributed by atoms with Gasteiger partial charge in [0.1, 0.15) is 12.6 Å². The van der Waals surface area contributed by atoms with Crippen molar-refractivity contribution in [1.82, 2.24) is 10.2 Å². The van der Waals surface area contributed by atoms with Crippen LogP contribution in [0.1, 0.15) is 31.4 Å². The number of amides is 2. The Morgan fingerprint density at radius 1 is 0.925 bits per heavy atom. The number of benzene rings is 3. The molecule has 0 aliphatic rings. The Hall–Kier alpha value is -2.78. The summed E-state index contributed by atoms with van der Waals surface area (Å²) in [7, 11) is -3.95. The van der Waals surface area contributed by atoms with Crippen LogP contribution in [0.4, 0.5) is 5.69 Å². The number of carbonyl (C=O) groups excluding carboxylic acids is 2. The smallest absolute Gasteiger partial charge is 0.244 e. The van der Waals surface area contributed by atoms with Gasteiger partial charge in [-0.25, -0.2) is 8.42 Å². The third kappa shape index (κ3) is 8.86. The quantitative estimate of drug-likeness (QED) is 0.269. The van der Waals surface area contributed by atoms with Crippen molar-refractivity contribution < 1.29 is 18.0 Å². The summed E-state index contributed by atoms with van der Waals surface area (Å²) in [6.45, 7) is 3.23. The largest absolute Gasteiger partial charge is 0.352 e. The summed E-state index contributed by atoms with van der Waals surface area (Å²) in [4.78, 5) is 29.1. The monoisotopic (exact) mass is 623 g/mol. The molecule has 3 aromatic carbocycles. The first-order valence-electron chi connectivity index (χ1n) is 12.7. The highest BCUT2D eigenvalue weighted by molar-refractivity contribution is 7.92. The van der Waals surface area contributed by atoms with E-state index in [1.807, 2.05) is 44.2 Å². The van der Waals surface area contributed by atoms with Crippen molar-refractivity contribution in [3.05, 3.63) is 99.0 Å². The van der Waals surface area contributed by atoms with E-state index in [1.165, 1.54) is 23.1 Å². The number of halogens is 3. The lowest BCUT2D eigenvalue weighted by atomic mass is 10.0. The second kappa shape index (κ2) is 14.2. The molecular formula is C29H32Cl3N3O4S. The average molecular weight is 625 g/mol. The van der Waals surface area contributed by atoms with Gasteiger partial charge in [-0.05, 0) is 48.7 Å². The van der Waals surface area contributed by atoms with Gasteiger partial charge < -0.3 is 10.2 Å². The van der Waals surface area contributed by atoms with Crippen LogP contribution in [0.15, 0.2) is 72.8 Å². The zero-order valence-electron chi connectivity index (χ0n) is 22.5. The van der Waals surface area contributed by atoms with Crippen LogP contribution < -0.4 is 9.62 Å². The predicted octanol–water partition coefficient (Wildman–Crippen LogP) is 5.97. The van der Waals surface area contributed by atoms with Gasteiger partial charge in [0.05, 0.1) is 11.9 Å². The van der Waals surface area contributed by atoms with Gasteiger partial charge in [0, 0.05) is 34.1 Å². The molecule has 0 aliphatic heterocycles. The second-order valence-electron chi connectivity index (χ2n) is 9.53. The highest BCUT2D eigenvalue weighted by Crippen LogP contribution is 2.28. The minimum atomic E-state index is -3.95. The van der Waals surface area contributed by atoms with Gasteiger partial charge in [0.25, 0.3) is 0 Å². The molecule has 3 aromatic rings. The van der Waals surface area contributed by atoms with Gasteiger partial charge >= 0.3 is 0 Å². The molecule has 0 radical (unpaired) electrons. The van der Waals surface area contributed by atoms with Crippen LogP contribution in [-0.2, 0) is 32.6 Å². The topological polar surface area (TPSA) is 86.8 Å². The molecule has 1 N–H and O–H groups in total. The number of sulfonamides is 1. The van der Waals surface area contributed by atoms with Crippen LogP contribution in [0, 0.1) is 0 Å². The van der Waals surface area contributed by atoms with E-state index in [4.69, 9.17) is 34.8 Å². The van der Waals surface area contributed by atoms with E-state index in [0.29, 0.717) is 17.0 Å². The standard InChI is InChI=1S/C29H32Cl3N3O4S/c1-4-20(2)33-29(37)27(14-21-10-6-5-7-11-21)34(18-22-12-8-9-13-26(22)32)28(36)19-35(40(3,38)39)25-16-23(30)15-24(31)17-25/h5-13,15-17,20,27H,4,14,18-19H2,1-3H3,(H,33,37)/t20-,27+/m0/s1. The highest BCUT2D eigenvalue weighted by atomic mass is 35.5. The molecule has 0 aliphatic carbocycles. The first-order chi connectivity index (χ1) is 18.9. The summed E-state index contributed by atoms with van der Waals surface area (Å²) in [6.07, 6.45) is 1.89. The molecule has 0 heterocycles. The first kappa shape index (κ1) is 31.7. The van der Waals surface area contributed by atoms with Gasteiger partial charge in [-0.2, -0.15) is 0 Å². The van der Waals surface area contributed by atoms with Crippen LogP contribution in [0.5, 0.6) is 0 Å². The van der Waals surface area contributed by atoms with Crippen molar-refractivity contribution in [3.8, 4) is 0 Å². The molecule has 40 heavy (non-hydrogen) atoms. The Balaban J connectivity index is 2.09. The number of hydrogen-bond donors (Lipinski definition) is 1. The van der Waals surface area contributed by atoms with Crippen LogP contribution in [-0.4, -0.2) is 50.0 Å². The maximum atomic E-state index is 14.1. The molecule has 2 amide bonds. The lowest BCUT2D eigenvalue weighted by Crippen LogP contribution is -2.54.